The molecule has 0 aliphatic rings. The molecule has 0 unspecified atom stereocenters. The SMILES string of the molecule is O=C(O)c1cc2nc(-c3csnn3)[nH]c2cc1F. The van der Waals surface area contributed by atoms with E-state index in [0.29, 0.717) is 22.6 Å². The van der Waals surface area contributed by atoms with E-state index >= 15 is 0 Å². The zero-order valence-corrected chi connectivity index (χ0v) is 9.53. The molecular weight excluding hydrogens is 259 g/mol. The number of benzene rings is 1. The molecule has 18 heavy (non-hydrogen) atoms. The fourth-order valence-corrected chi connectivity index (χ4v) is 2.02. The van der Waals surface area contributed by atoms with Crippen molar-refractivity contribution in [2.45, 2.75) is 0 Å². The molecule has 0 atom stereocenters. The molecule has 1 aromatic carbocycles. The van der Waals surface area contributed by atoms with Gasteiger partial charge in [0, 0.05) is 11.4 Å². The van der Waals surface area contributed by atoms with Gasteiger partial charge in [0.2, 0.25) is 0 Å². The number of carbonyl (C=O) groups is 1. The second kappa shape index (κ2) is 3.84. The van der Waals surface area contributed by atoms with Crippen molar-refractivity contribution in [2.75, 3.05) is 0 Å². The lowest BCUT2D eigenvalue weighted by Crippen LogP contribution is -1.99. The van der Waals surface area contributed by atoms with Crippen LogP contribution in [0, 0.1) is 5.82 Å². The molecule has 3 aromatic rings. The molecule has 8 heteroatoms. The Bertz CT molecular complexity index is 738. The van der Waals surface area contributed by atoms with Gasteiger partial charge >= 0.3 is 5.97 Å². The number of halogens is 1. The van der Waals surface area contributed by atoms with Crippen molar-refractivity contribution in [2.24, 2.45) is 0 Å². The molecular formula is C10H5FN4O2S. The van der Waals surface area contributed by atoms with Crippen LogP contribution in [0.2, 0.25) is 0 Å². The minimum absolute atomic E-state index is 0.372. The van der Waals surface area contributed by atoms with Crippen LogP contribution in [0.4, 0.5) is 4.39 Å². The summed E-state index contributed by atoms with van der Waals surface area (Å²) in [5.74, 6) is -1.70. The largest absolute Gasteiger partial charge is 0.478 e. The number of carboxylic acid groups (broad SMARTS) is 1. The van der Waals surface area contributed by atoms with Gasteiger partial charge in [0.25, 0.3) is 0 Å². The molecule has 0 bridgehead atoms. The van der Waals surface area contributed by atoms with Gasteiger partial charge in [-0.05, 0) is 17.6 Å². The standard InChI is InChI=1S/C10H5FN4O2S/c11-5-2-7-6(1-4(5)10(16)17)12-9(13-7)8-3-18-15-14-8/h1-3H,(H,12,13)(H,16,17). The molecule has 0 spiro atoms. The van der Waals surface area contributed by atoms with Crippen LogP contribution in [-0.4, -0.2) is 30.6 Å². The van der Waals surface area contributed by atoms with Gasteiger partial charge in [0.05, 0.1) is 16.6 Å². The van der Waals surface area contributed by atoms with Crippen molar-refractivity contribution >= 4 is 28.5 Å². The van der Waals surface area contributed by atoms with Gasteiger partial charge in [-0.1, -0.05) is 4.49 Å². The minimum atomic E-state index is -1.32. The number of nitrogens with zero attached hydrogens (tertiary/aromatic N) is 3. The Hall–Kier alpha value is -2.35. The highest BCUT2D eigenvalue weighted by Gasteiger charge is 2.15. The summed E-state index contributed by atoms with van der Waals surface area (Å²) in [6.45, 7) is 0. The van der Waals surface area contributed by atoms with E-state index in [4.69, 9.17) is 5.11 Å². The van der Waals surface area contributed by atoms with Crippen LogP contribution in [0.3, 0.4) is 0 Å². The molecule has 0 saturated heterocycles. The number of H-pyrrole nitrogens is 1. The summed E-state index contributed by atoms with van der Waals surface area (Å²) in [5, 5.41) is 14.3. The number of carboxylic acids is 1. The summed E-state index contributed by atoms with van der Waals surface area (Å²) in [5.41, 5.74) is 0.919. The molecule has 2 heterocycles. The first-order valence-corrected chi connectivity index (χ1v) is 5.69. The van der Waals surface area contributed by atoms with Crippen LogP contribution in [0.15, 0.2) is 17.5 Å². The number of rotatable bonds is 2. The highest BCUT2D eigenvalue weighted by molar-refractivity contribution is 7.03. The molecule has 0 amide bonds. The van der Waals surface area contributed by atoms with Crippen LogP contribution in [0.5, 0.6) is 0 Å². The van der Waals surface area contributed by atoms with Crippen LogP contribution in [0.1, 0.15) is 10.4 Å². The summed E-state index contributed by atoms with van der Waals surface area (Å²) in [6, 6.07) is 2.29. The Labute approximate surface area is 103 Å². The van der Waals surface area contributed by atoms with E-state index in [2.05, 4.69) is 19.6 Å². The van der Waals surface area contributed by atoms with Crippen LogP contribution >= 0.6 is 11.5 Å². The third-order valence-corrected chi connectivity index (χ3v) is 2.91. The van der Waals surface area contributed by atoms with Crippen molar-refractivity contribution in [3.63, 3.8) is 0 Å². The quantitative estimate of drug-likeness (QED) is 0.737. The summed E-state index contributed by atoms with van der Waals surface area (Å²) in [7, 11) is 0. The fourth-order valence-electron chi connectivity index (χ4n) is 1.58. The summed E-state index contributed by atoms with van der Waals surface area (Å²) in [6.07, 6.45) is 0. The van der Waals surface area contributed by atoms with E-state index in [-0.39, 0.29) is 0 Å². The zero-order valence-electron chi connectivity index (χ0n) is 8.72. The first-order valence-electron chi connectivity index (χ1n) is 4.85. The molecule has 0 radical (unpaired) electrons. The minimum Gasteiger partial charge on any atom is -0.478 e. The topological polar surface area (TPSA) is 91.8 Å². The van der Waals surface area contributed by atoms with Gasteiger partial charge < -0.3 is 10.1 Å². The van der Waals surface area contributed by atoms with Gasteiger partial charge in [-0.15, -0.1) is 5.10 Å². The van der Waals surface area contributed by atoms with E-state index in [1.54, 1.807) is 5.38 Å². The number of imidazole rings is 1. The summed E-state index contributed by atoms with van der Waals surface area (Å²) >= 11 is 1.17. The van der Waals surface area contributed by atoms with E-state index < -0.39 is 17.3 Å². The van der Waals surface area contributed by atoms with Crippen LogP contribution in [-0.2, 0) is 0 Å². The molecule has 2 aromatic heterocycles. The summed E-state index contributed by atoms with van der Waals surface area (Å²) in [4.78, 5) is 17.8. The van der Waals surface area contributed by atoms with Crippen molar-refractivity contribution in [3.05, 3.63) is 28.9 Å². The maximum absolute atomic E-state index is 13.5. The monoisotopic (exact) mass is 264 g/mol. The Kier molecular flexibility index (Phi) is 2.30. The van der Waals surface area contributed by atoms with Gasteiger partial charge in [-0.3, -0.25) is 0 Å². The number of fused-ring (bicyclic) bond motifs is 1. The molecule has 6 nitrogen and oxygen atoms in total. The molecule has 3 rings (SSSR count). The average molecular weight is 264 g/mol. The fraction of sp³-hybridized carbons (Fsp3) is 0. The number of nitrogens with one attached hydrogen (secondary N) is 1. The third kappa shape index (κ3) is 1.63. The average Bonchev–Trinajstić information content (AvgIpc) is 2.95. The number of aromatic carboxylic acids is 1. The van der Waals surface area contributed by atoms with Crippen molar-refractivity contribution < 1.29 is 14.3 Å². The second-order valence-corrected chi connectivity index (χ2v) is 4.14. The summed E-state index contributed by atoms with van der Waals surface area (Å²) < 4.78 is 17.2. The highest BCUT2D eigenvalue weighted by Crippen LogP contribution is 2.22. The number of hydrogen-bond acceptors (Lipinski definition) is 5. The normalized spacial score (nSPS) is 10.9. The number of aromatic amines is 1. The van der Waals surface area contributed by atoms with E-state index in [9.17, 15) is 9.18 Å². The van der Waals surface area contributed by atoms with E-state index in [1.807, 2.05) is 0 Å². The number of hydrogen-bond donors (Lipinski definition) is 2. The molecule has 90 valence electrons. The predicted octanol–water partition coefficient (Wildman–Crippen LogP) is 1.92. The van der Waals surface area contributed by atoms with Gasteiger partial charge in [0.1, 0.15) is 11.5 Å². The molecule has 0 aliphatic carbocycles. The molecule has 0 fully saturated rings. The lowest BCUT2D eigenvalue weighted by atomic mass is 10.2. The van der Waals surface area contributed by atoms with Gasteiger partial charge in [-0.25, -0.2) is 14.2 Å². The molecule has 0 aliphatic heterocycles. The highest BCUT2D eigenvalue weighted by atomic mass is 32.1. The van der Waals surface area contributed by atoms with Crippen LogP contribution in [0.25, 0.3) is 22.6 Å². The Morgan fingerprint density at radius 2 is 2.28 bits per heavy atom. The Morgan fingerprint density at radius 1 is 1.44 bits per heavy atom. The maximum Gasteiger partial charge on any atom is 0.338 e. The maximum atomic E-state index is 13.5. The van der Waals surface area contributed by atoms with Gasteiger partial charge in [0.15, 0.2) is 5.82 Å². The Balaban J connectivity index is 2.21. The number of aromatic nitrogens is 4. The van der Waals surface area contributed by atoms with E-state index in [0.717, 1.165) is 6.07 Å². The van der Waals surface area contributed by atoms with Crippen molar-refractivity contribution in [3.8, 4) is 11.5 Å². The Morgan fingerprint density at radius 3 is 2.94 bits per heavy atom. The third-order valence-electron chi connectivity index (χ3n) is 2.40. The first kappa shape index (κ1) is 10.8. The van der Waals surface area contributed by atoms with Crippen LogP contribution < -0.4 is 0 Å². The molecule has 2 N–H and O–H groups in total. The second-order valence-electron chi connectivity index (χ2n) is 3.53. The van der Waals surface area contributed by atoms with Crippen molar-refractivity contribution in [1.82, 2.24) is 19.6 Å². The first-order chi connectivity index (χ1) is 8.65. The predicted molar refractivity (Wildman–Crippen MR) is 61.9 cm³/mol. The van der Waals surface area contributed by atoms with Crippen molar-refractivity contribution in [1.29, 1.82) is 0 Å². The lowest BCUT2D eigenvalue weighted by molar-refractivity contribution is 0.0692. The van der Waals surface area contributed by atoms with E-state index in [1.165, 1.54) is 17.6 Å². The molecule has 0 saturated carbocycles. The zero-order chi connectivity index (χ0) is 12.7. The van der Waals surface area contributed by atoms with Gasteiger partial charge in [-0.2, -0.15) is 0 Å². The lowest BCUT2D eigenvalue weighted by Gasteiger charge is -1.95. The smallest absolute Gasteiger partial charge is 0.338 e.